The van der Waals surface area contributed by atoms with Gasteiger partial charge in [0.1, 0.15) is 11.1 Å². The van der Waals surface area contributed by atoms with E-state index in [1.807, 2.05) is 29.2 Å². The molecule has 0 saturated heterocycles. The van der Waals surface area contributed by atoms with Gasteiger partial charge in [-0.3, -0.25) is 4.79 Å². The van der Waals surface area contributed by atoms with Crippen molar-refractivity contribution in [3.05, 3.63) is 47.2 Å². The highest BCUT2D eigenvalue weighted by Gasteiger charge is 2.23. The largest absolute Gasteiger partial charge is 0.310 e. The van der Waals surface area contributed by atoms with Crippen molar-refractivity contribution in [3.63, 3.8) is 0 Å². The summed E-state index contributed by atoms with van der Waals surface area (Å²) in [4.78, 5) is 20.5. The molecule has 1 aliphatic heterocycles. The number of carbonyl (C=O) groups is 1. The Morgan fingerprint density at radius 1 is 1.31 bits per heavy atom. The van der Waals surface area contributed by atoms with E-state index in [-0.39, 0.29) is 5.91 Å². The van der Waals surface area contributed by atoms with Crippen LogP contribution < -0.4 is 4.90 Å². The van der Waals surface area contributed by atoms with Crippen molar-refractivity contribution in [2.24, 2.45) is 0 Å². The minimum Gasteiger partial charge on any atom is -0.310 e. The molecule has 1 amide bonds. The number of benzene rings is 1. The number of anilines is 1. The summed E-state index contributed by atoms with van der Waals surface area (Å²) in [6.45, 7) is 0.726. The third kappa shape index (κ3) is 3.46. The average Bonchev–Trinajstić information content (AvgIpc) is 2.70. The first kappa shape index (κ1) is 17.4. The number of fused-ring (bicyclic) bond motifs is 2. The van der Waals surface area contributed by atoms with Crippen LogP contribution in [0.25, 0.3) is 0 Å². The second-order valence-corrected chi connectivity index (χ2v) is 8.52. The van der Waals surface area contributed by atoms with Crippen LogP contribution in [0.5, 0.6) is 0 Å². The zero-order valence-corrected chi connectivity index (χ0v) is 16.0. The number of carbonyl (C=O) groups excluding carboxylic acids is 1. The molecule has 1 aromatic carbocycles. The second kappa shape index (κ2) is 7.73. The molecule has 1 aromatic heterocycles. The lowest BCUT2D eigenvalue weighted by Gasteiger charge is -2.28. The molecule has 0 radical (unpaired) electrons. The first-order valence-electron chi connectivity index (χ1n) is 8.84. The highest BCUT2D eigenvalue weighted by Crippen LogP contribution is 2.35. The van der Waals surface area contributed by atoms with Crippen LogP contribution in [0.15, 0.2) is 40.3 Å². The average molecular weight is 382 g/mol. The van der Waals surface area contributed by atoms with Crippen LogP contribution in [-0.2, 0) is 17.6 Å². The predicted molar refractivity (Wildman–Crippen MR) is 106 cm³/mol. The number of aryl methyl sites for hydroxylation is 2. The van der Waals surface area contributed by atoms with Gasteiger partial charge < -0.3 is 4.90 Å². The van der Waals surface area contributed by atoms with Gasteiger partial charge in [-0.25, -0.2) is 4.98 Å². The Morgan fingerprint density at radius 2 is 2.15 bits per heavy atom. The minimum absolute atomic E-state index is 0.0751. The molecule has 0 atom stereocenters. The number of hydrogen-bond acceptors (Lipinski definition) is 5. The van der Waals surface area contributed by atoms with E-state index in [1.54, 1.807) is 11.8 Å². The SMILES string of the molecule is N#Cc1cc2c(nc1SCC(=O)N1CCSc3ccccc31)CCCC2. The topological polar surface area (TPSA) is 57.0 Å². The van der Waals surface area contributed by atoms with E-state index in [4.69, 9.17) is 4.98 Å². The number of thioether (sulfide) groups is 2. The van der Waals surface area contributed by atoms with Gasteiger partial charge in [0.05, 0.1) is 17.0 Å². The van der Waals surface area contributed by atoms with Gasteiger partial charge in [0.25, 0.3) is 0 Å². The summed E-state index contributed by atoms with van der Waals surface area (Å²) in [7, 11) is 0. The minimum atomic E-state index is 0.0751. The second-order valence-electron chi connectivity index (χ2n) is 6.42. The van der Waals surface area contributed by atoms with E-state index < -0.39 is 0 Å². The standard InChI is InChI=1S/C20H19N3OS2/c21-12-15-11-14-5-1-2-6-16(14)22-20(15)26-13-19(24)23-9-10-25-18-8-4-3-7-17(18)23/h3-4,7-8,11H,1-2,5-6,9-10,13H2. The van der Waals surface area contributed by atoms with E-state index in [1.165, 1.54) is 17.3 Å². The molecule has 0 saturated carbocycles. The van der Waals surface area contributed by atoms with Crippen molar-refractivity contribution in [2.75, 3.05) is 23.0 Å². The first-order chi connectivity index (χ1) is 12.8. The van der Waals surface area contributed by atoms with Gasteiger partial charge >= 0.3 is 0 Å². The fourth-order valence-corrected chi connectivity index (χ4v) is 5.29. The lowest BCUT2D eigenvalue weighted by molar-refractivity contribution is -0.116. The van der Waals surface area contributed by atoms with Crippen LogP contribution >= 0.6 is 23.5 Å². The summed E-state index contributed by atoms with van der Waals surface area (Å²) in [5.74, 6) is 1.29. The lowest BCUT2D eigenvalue weighted by Crippen LogP contribution is -2.36. The summed E-state index contributed by atoms with van der Waals surface area (Å²) >= 11 is 3.18. The number of nitriles is 1. The molecule has 6 heteroatoms. The van der Waals surface area contributed by atoms with E-state index in [9.17, 15) is 10.1 Å². The van der Waals surface area contributed by atoms with E-state index >= 15 is 0 Å². The van der Waals surface area contributed by atoms with Crippen LogP contribution in [-0.4, -0.2) is 28.9 Å². The highest BCUT2D eigenvalue weighted by atomic mass is 32.2. The van der Waals surface area contributed by atoms with Crippen molar-refractivity contribution >= 4 is 35.1 Å². The van der Waals surface area contributed by atoms with Gasteiger partial charge in [-0.1, -0.05) is 23.9 Å². The summed E-state index contributed by atoms with van der Waals surface area (Å²) < 4.78 is 0. The molecule has 0 bridgehead atoms. The van der Waals surface area contributed by atoms with Gasteiger partial charge in [-0.15, -0.1) is 11.8 Å². The number of rotatable bonds is 3. The number of amides is 1. The first-order valence-corrected chi connectivity index (χ1v) is 10.8. The molecule has 2 aromatic rings. The Labute approximate surface area is 162 Å². The lowest BCUT2D eigenvalue weighted by atomic mass is 9.95. The van der Waals surface area contributed by atoms with Crippen molar-refractivity contribution in [3.8, 4) is 6.07 Å². The normalized spacial score (nSPS) is 15.7. The Morgan fingerprint density at radius 3 is 3.04 bits per heavy atom. The number of para-hydroxylation sites is 1. The molecule has 1 aliphatic carbocycles. The Hall–Kier alpha value is -1.97. The fraction of sp³-hybridized carbons (Fsp3) is 0.350. The zero-order chi connectivity index (χ0) is 17.9. The summed E-state index contributed by atoms with van der Waals surface area (Å²) in [6, 6.07) is 12.3. The van der Waals surface area contributed by atoms with Crippen LogP contribution in [0.3, 0.4) is 0 Å². The molecule has 4 rings (SSSR count). The smallest absolute Gasteiger partial charge is 0.237 e. The van der Waals surface area contributed by atoms with Crippen LogP contribution in [0, 0.1) is 11.3 Å². The van der Waals surface area contributed by atoms with Crippen molar-refractivity contribution < 1.29 is 4.79 Å². The maximum atomic E-state index is 12.8. The number of hydrogen-bond donors (Lipinski definition) is 0. The molecule has 2 heterocycles. The van der Waals surface area contributed by atoms with Gasteiger partial charge in [0.2, 0.25) is 5.91 Å². The quantitative estimate of drug-likeness (QED) is 0.751. The molecular weight excluding hydrogens is 362 g/mol. The van der Waals surface area contributed by atoms with Crippen LogP contribution in [0.1, 0.15) is 29.7 Å². The van der Waals surface area contributed by atoms with E-state index in [2.05, 4.69) is 12.1 Å². The third-order valence-corrected chi connectivity index (χ3v) is 6.77. The van der Waals surface area contributed by atoms with Crippen LogP contribution in [0.4, 0.5) is 5.69 Å². The summed E-state index contributed by atoms with van der Waals surface area (Å²) in [6.07, 6.45) is 4.29. The molecular formula is C20H19N3OS2. The molecule has 0 unspecified atom stereocenters. The number of aromatic nitrogens is 1. The van der Waals surface area contributed by atoms with E-state index in [0.29, 0.717) is 16.3 Å². The fourth-order valence-electron chi connectivity index (χ4n) is 3.44. The Balaban J connectivity index is 1.51. The zero-order valence-electron chi connectivity index (χ0n) is 14.4. The van der Waals surface area contributed by atoms with Crippen molar-refractivity contribution in [2.45, 2.75) is 35.6 Å². The third-order valence-electron chi connectivity index (χ3n) is 4.75. The maximum absolute atomic E-state index is 12.8. The maximum Gasteiger partial charge on any atom is 0.237 e. The predicted octanol–water partition coefficient (Wildman–Crippen LogP) is 4.06. The van der Waals surface area contributed by atoms with Crippen molar-refractivity contribution in [1.29, 1.82) is 5.26 Å². The van der Waals surface area contributed by atoms with Gasteiger partial charge in [0.15, 0.2) is 0 Å². The number of nitrogens with zero attached hydrogens (tertiary/aromatic N) is 3. The summed E-state index contributed by atoms with van der Waals surface area (Å²) in [5, 5.41) is 10.2. The van der Waals surface area contributed by atoms with E-state index in [0.717, 1.165) is 54.3 Å². The number of pyridine rings is 1. The molecule has 0 spiro atoms. The molecule has 132 valence electrons. The van der Waals surface area contributed by atoms with Gasteiger partial charge in [-0.05, 0) is 49.4 Å². The highest BCUT2D eigenvalue weighted by molar-refractivity contribution is 8.00. The molecule has 2 aliphatic rings. The molecule has 4 nitrogen and oxygen atoms in total. The molecule has 0 fully saturated rings. The Kier molecular flexibility index (Phi) is 5.18. The van der Waals surface area contributed by atoms with Crippen molar-refractivity contribution in [1.82, 2.24) is 4.98 Å². The summed E-state index contributed by atoms with van der Waals surface area (Å²) in [5.41, 5.74) is 3.89. The van der Waals surface area contributed by atoms with Crippen LogP contribution in [0.2, 0.25) is 0 Å². The van der Waals surface area contributed by atoms with Gasteiger partial charge in [0, 0.05) is 22.9 Å². The Bertz CT molecular complexity index is 891. The molecule has 26 heavy (non-hydrogen) atoms. The monoisotopic (exact) mass is 381 g/mol. The van der Waals surface area contributed by atoms with Gasteiger partial charge in [-0.2, -0.15) is 5.26 Å². The molecule has 0 N–H and O–H groups in total.